The third kappa shape index (κ3) is 9.29. The van der Waals surface area contributed by atoms with Crippen molar-refractivity contribution in [3.05, 3.63) is 35.4 Å². The van der Waals surface area contributed by atoms with E-state index in [0.717, 1.165) is 45.7 Å². The molecule has 5 atom stereocenters. The van der Waals surface area contributed by atoms with Gasteiger partial charge in [0.25, 0.3) is 17.9 Å². The van der Waals surface area contributed by atoms with Gasteiger partial charge in [0.15, 0.2) is 17.6 Å². The molecule has 2 bridgehead atoms. The van der Waals surface area contributed by atoms with Crippen molar-refractivity contribution in [3.63, 3.8) is 0 Å². The Morgan fingerprint density at radius 3 is 1.95 bits per heavy atom. The van der Waals surface area contributed by atoms with Gasteiger partial charge in [0.05, 0.1) is 0 Å². The number of ether oxygens (including phenoxy) is 3. The molecule has 1 saturated heterocycles. The van der Waals surface area contributed by atoms with Crippen molar-refractivity contribution in [2.75, 3.05) is 13.6 Å². The number of esters is 2. The molecule has 1 aromatic carbocycles. The summed E-state index contributed by atoms with van der Waals surface area (Å²) in [5.41, 5.74) is 2.15. The molecule has 3 N–H and O–H groups in total. The van der Waals surface area contributed by atoms with E-state index in [2.05, 4.69) is 24.1 Å². The summed E-state index contributed by atoms with van der Waals surface area (Å²) in [6.07, 6.45) is 5.31. The number of carbonyl (C=O) groups excluding carboxylic acids is 2. The Kier molecular flexibility index (Phi) is 15.3. The summed E-state index contributed by atoms with van der Waals surface area (Å²) >= 11 is 0. The summed E-state index contributed by atoms with van der Waals surface area (Å²) in [6.45, 7) is 7.02. The second kappa shape index (κ2) is 16.3. The Balaban J connectivity index is 0.000000983. The van der Waals surface area contributed by atoms with Gasteiger partial charge in [0.2, 0.25) is 0 Å². The number of likely N-dealkylation sites (N-methyl/N-ethyl adjacent to an activating group) is 1. The summed E-state index contributed by atoms with van der Waals surface area (Å²) in [7, 11) is 2.17. The summed E-state index contributed by atoms with van der Waals surface area (Å²) in [4.78, 5) is 52.7. The Bertz CT molecular complexity index is 1130. The van der Waals surface area contributed by atoms with Gasteiger partial charge >= 0.3 is 41.5 Å². The SMILES string of the molecule is CC(=O)O.CC(=O)O.CC(=O)O.CC(=O)Oc1ccc2c3c1O[C@H]1[C@@H](OC(C)=O)C=C[C@H]4[C@@H](C2)N(C)CC[C@@]341.[Fe].[NaH]. The van der Waals surface area contributed by atoms with Crippen LogP contribution in [-0.2, 0) is 57.6 Å². The van der Waals surface area contributed by atoms with Gasteiger partial charge in [-0.3, -0.25) is 24.0 Å². The van der Waals surface area contributed by atoms with Gasteiger partial charge in [-0.2, -0.15) is 0 Å². The summed E-state index contributed by atoms with van der Waals surface area (Å²) in [5.74, 6) is -1.79. The Morgan fingerprint density at radius 2 is 1.46 bits per heavy atom. The molecule has 1 spiro atoms. The molecule has 0 amide bonds. The predicted molar refractivity (Wildman–Crippen MR) is 144 cm³/mol. The predicted octanol–water partition coefficient (Wildman–Crippen LogP) is 1.61. The average molecular weight is 629 g/mol. The maximum absolute atomic E-state index is 11.7. The number of likely N-dealkylation sites (tertiary alicyclic amines) is 1. The molecule has 0 aromatic heterocycles. The van der Waals surface area contributed by atoms with E-state index >= 15 is 0 Å². The molecule has 12 nitrogen and oxygen atoms in total. The van der Waals surface area contributed by atoms with E-state index in [1.54, 1.807) is 0 Å². The fourth-order valence-corrected chi connectivity index (χ4v) is 5.74. The fourth-order valence-electron chi connectivity index (χ4n) is 5.74. The van der Waals surface area contributed by atoms with Gasteiger partial charge < -0.3 is 34.4 Å². The van der Waals surface area contributed by atoms with Crippen molar-refractivity contribution in [1.29, 1.82) is 0 Å². The van der Waals surface area contributed by atoms with Crippen LogP contribution in [0.1, 0.15) is 52.2 Å². The van der Waals surface area contributed by atoms with Crippen LogP contribution < -0.4 is 9.47 Å². The number of aliphatic carboxylic acids is 3. The van der Waals surface area contributed by atoms with Crippen LogP contribution in [0, 0.1) is 5.92 Å². The first-order chi connectivity index (χ1) is 18.1. The van der Waals surface area contributed by atoms with Crippen LogP contribution in [0.2, 0.25) is 0 Å². The molecule has 2 heterocycles. The summed E-state index contributed by atoms with van der Waals surface area (Å²) in [6, 6.07) is 4.28. The molecule has 224 valence electrons. The third-order valence-corrected chi connectivity index (χ3v) is 6.67. The van der Waals surface area contributed by atoms with E-state index in [9.17, 15) is 9.59 Å². The minimum absolute atomic E-state index is 0. The molecule has 0 saturated carbocycles. The topological polar surface area (TPSA) is 177 Å². The first-order valence-corrected chi connectivity index (χ1v) is 12.3. The molecule has 2 aliphatic heterocycles. The normalized spacial score (nSPS) is 25.0. The van der Waals surface area contributed by atoms with Crippen LogP contribution in [0.4, 0.5) is 0 Å². The van der Waals surface area contributed by atoms with Crippen molar-refractivity contribution in [2.24, 2.45) is 5.92 Å². The fraction of sp³-hybridized carbons (Fsp3) is 0.519. The summed E-state index contributed by atoms with van der Waals surface area (Å²) in [5, 5.41) is 22.2. The Hall–Kier alpha value is -2.41. The van der Waals surface area contributed by atoms with Gasteiger partial charge in [0.1, 0.15) is 6.10 Å². The van der Waals surface area contributed by atoms with Gasteiger partial charge in [-0.1, -0.05) is 12.1 Å². The van der Waals surface area contributed by atoms with Crippen LogP contribution in [0.25, 0.3) is 0 Å². The van der Waals surface area contributed by atoms with Crippen LogP contribution >= 0.6 is 0 Å². The van der Waals surface area contributed by atoms with Gasteiger partial charge in [-0.25, -0.2) is 0 Å². The van der Waals surface area contributed by atoms with E-state index in [4.69, 9.17) is 43.9 Å². The molecule has 4 aliphatic rings. The number of piperidine rings is 1. The molecule has 5 rings (SSSR count). The van der Waals surface area contributed by atoms with Crippen molar-refractivity contribution >= 4 is 59.4 Å². The van der Waals surface area contributed by atoms with E-state index in [-0.39, 0.29) is 76.0 Å². The summed E-state index contributed by atoms with van der Waals surface area (Å²) < 4.78 is 17.5. The monoisotopic (exact) mass is 629 g/mol. The number of hydrogen-bond donors (Lipinski definition) is 3. The Labute approximate surface area is 271 Å². The van der Waals surface area contributed by atoms with E-state index in [1.165, 1.54) is 19.4 Å². The van der Waals surface area contributed by atoms with E-state index in [1.807, 2.05) is 12.1 Å². The maximum atomic E-state index is 11.7. The average Bonchev–Trinajstić information content (AvgIpc) is 3.12. The minimum atomic E-state index is -0.833. The molecular weight excluding hydrogens is 593 g/mol. The Morgan fingerprint density at radius 1 is 0.927 bits per heavy atom. The van der Waals surface area contributed by atoms with Gasteiger partial charge in [-0.15, -0.1) is 0 Å². The zero-order valence-electron chi connectivity index (χ0n) is 23.1. The molecule has 2 aliphatic carbocycles. The number of hydrogen-bond acceptors (Lipinski definition) is 9. The first kappa shape index (κ1) is 38.6. The van der Waals surface area contributed by atoms with Crippen molar-refractivity contribution in [3.8, 4) is 11.5 Å². The van der Waals surface area contributed by atoms with Gasteiger partial charge in [-0.05, 0) is 44.1 Å². The number of nitrogens with zero attached hydrogens (tertiary/aromatic N) is 1. The van der Waals surface area contributed by atoms with Crippen LogP contribution in [0.5, 0.6) is 11.5 Å². The first-order valence-electron chi connectivity index (χ1n) is 12.3. The van der Waals surface area contributed by atoms with Crippen molar-refractivity contribution in [1.82, 2.24) is 4.90 Å². The molecular formula is C27H36FeNNaO11. The molecule has 0 radical (unpaired) electrons. The van der Waals surface area contributed by atoms with E-state index in [0.29, 0.717) is 17.5 Å². The molecule has 14 heteroatoms. The van der Waals surface area contributed by atoms with Gasteiger partial charge in [0, 0.05) is 74.6 Å². The molecule has 0 unspecified atom stereocenters. The number of benzene rings is 1. The zero-order chi connectivity index (χ0) is 29.7. The zero-order valence-corrected chi connectivity index (χ0v) is 24.3. The second-order valence-corrected chi connectivity index (χ2v) is 9.64. The van der Waals surface area contributed by atoms with Crippen LogP contribution in [0.3, 0.4) is 0 Å². The number of rotatable bonds is 2. The third-order valence-electron chi connectivity index (χ3n) is 6.67. The number of carboxylic acid groups (broad SMARTS) is 3. The van der Waals surface area contributed by atoms with Crippen LogP contribution in [0.15, 0.2) is 24.3 Å². The number of carbonyl (C=O) groups is 5. The van der Waals surface area contributed by atoms with E-state index < -0.39 is 24.0 Å². The molecule has 1 fully saturated rings. The molecule has 41 heavy (non-hydrogen) atoms. The van der Waals surface area contributed by atoms with Crippen molar-refractivity contribution in [2.45, 2.75) is 71.1 Å². The van der Waals surface area contributed by atoms with Crippen LogP contribution in [-0.4, -0.2) is 111 Å². The van der Waals surface area contributed by atoms with Crippen molar-refractivity contribution < 1.29 is 70.6 Å². The number of carboxylic acids is 3. The standard InChI is InChI=1S/C21H23NO5.3C2H4O2.Fe.Na.H/c1-11(23)25-16-6-4-13-10-15-14-5-7-17(26-12(2)24)20-21(14,8-9-22(15)3)18(13)19(16)27-20;3*1-2(3)4;;;/h4-7,14-15,17,20H,8-10H2,1-3H3;3*1H3,(H,3,4);;;/t14-,15+,17-,20-,21-;;;;;;/m0....../s1. The second-order valence-electron chi connectivity index (χ2n) is 9.64. The molecule has 1 aromatic rings. The quantitative estimate of drug-likeness (QED) is 0.187.